The summed E-state index contributed by atoms with van der Waals surface area (Å²) >= 11 is 0. The van der Waals surface area contributed by atoms with E-state index >= 15 is 0 Å². The Labute approximate surface area is 171 Å². The molecule has 5 heteroatoms. The van der Waals surface area contributed by atoms with E-state index in [1.165, 1.54) is 11.1 Å². The molecule has 1 aromatic heterocycles. The third-order valence-corrected chi connectivity index (χ3v) is 4.36. The van der Waals surface area contributed by atoms with Gasteiger partial charge in [-0.25, -0.2) is 0 Å². The van der Waals surface area contributed by atoms with E-state index in [9.17, 15) is 4.79 Å². The molecule has 2 aromatic carbocycles. The van der Waals surface area contributed by atoms with Crippen LogP contribution in [0.1, 0.15) is 25.0 Å². The minimum absolute atomic E-state index is 0.0996. The van der Waals surface area contributed by atoms with Gasteiger partial charge in [0, 0.05) is 23.9 Å². The average molecular weight is 391 g/mol. The monoisotopic (exact) mass is 391 g/mol. The maximum Gasteiger partial charge on any atom is 0.290 e. The molecule has 29 heavy (non-hydrogen) atoms. The Morgan fingerprint density at radius 1 is 0.862 bits per heavy atom. The fourth-order valence-electron chi connectivity index (χ4n) is 3.04. The van der Waals surface area contributed by atoms with E-state index in [4.69, 9.17) is 9.47 Å². The fourth-order valence-corrected chi connectivity index (χ4v) is 3.04. The molecule has 0 aliphatic rings. The molecule has 0 atom stereocenters. The molecular weight excluding hydrogens is 364 g/mol. The van der Waals surface area contributed by atoms with E-state index in [0.717, 1.165) is 6.42 Å². The molecule has 5 nitrogen and oxygen atoms in total. The van der Waals surface area contributed by atoms with Crippen molar-refractivity contribution >= 4 is 11.6 Å². The lowest BCUT2D eigenvalue weighted by molar-refractivity contribution is -0.684. The average Bonchev–Trinajstić information content (AvgIpc) is 2.72. The van der Waals surface area contributed by atoms with E-state index in [1.54, 1.807) is 6.07 Å². The van der Waals surface area contributed by atoms with Crippen LogP contribution in [0.4, 0.5) is 5.69 Å². The van der Waals surface area contributed by atoms with Crippen molar-refractivity contribution in [2.75, 3.05) is 18.5 Å². The second-order valence-electron chi connectivity index (χ2n) is 6.62. The zero-order valence-electron chi connectivity index (χ0n) is 16.9. The van der Waals surface area contributed by atoms with Gasteiger partial charge < -0.3 is 14.8 Å². The second-order valence-corrected chi connectivity index (χ2v) is 6.62. The summed E-state index contributed by atoms with van der Waals surface area (Å²) in [6.45, 7) is 5.17. The normalized spacial score (nSPS) is 10.4. The van der Waals surface area contributed by atoms with E-state index in [-0.39, 0.29) is 12.5 Å². The maximum absolute atomic E-state index is 12.4. The summed E-state index contributed by atoms with van der Waals surface area (Å²) in [7, 11) is 0. The Balaban J connectivity index is 1.59. The van der Waals surface area contributed by atoms with Gasteiger partial charge in [-0.15, -0.1) is 0 Å². The summed E-state index contributed by atoms with van der Waals surface area (Å²) in [5.74, 6) is 1.21. The molecule has 0 radical (unpaired) electrons. The smallest absolute Gasteiger partial charge is 0.290 e. The van der Waals surface area contributed by atoms with Crippen LogP contribution >= 0.6 is 0 Å². The highest BCUT2D eigenvalue weighted by atomic mass is 16.5. The highest BCUT2D eigenvalue weighted by Gasteiger charge is 2.12. The third kappa shape index (κ3) is 6.07. The van der Waals surface area contributed by atoms with Gasteiger partial charge in [0.1, 0.15) is 0 Å². The number of hydrogen-bond acceptors (Lipinski definition) is 3. The van der Waals surface area contributed by atoms with Gasteiger partial charge in [0.25, 0.3) is 5.91 Å². The Hall–Kier alpha value is -3.34. The standard InChI is InChI=1S/C24H26N2O3/c1-3-28-22-11-10-21(17-23(22)29-4-2)25-24(27)18-26-14-12-20(13-15-26)16-19-8-6-5-7-9-19/h5-15,17H,3-4,16,18H2,1-2H3/p+1. The molecule has 0 fully saturated rings. The van der Waals surface area contributed by atoms with Crippen LogP contribution in [0.2, 0.25) is 0 Å². The van der Waals surface area contributed by atoms with Gasteiger partial charge in [0.05, 0.1) is 13.2 Å². The van der Waals surface area contributed by atoms with E-state index in [0.29, 0.717) is 30.4 Å². The number of hydrogen-bond donors (Lipinski definition) is 1. The van der Waals surface area contributed by atoms with Crippen LogP contribution in [-0.4, -0.2) is 19.1 Å². The van der Waals surface area contributed by atoms with Crippen molar-refractivity contribution in [2.24, 2.45) is 0 Å². The van der Waals surface area contributed by atoms with Crippen LogP contribution in [-0.2, 0) is 17.8 Å². The quantitative estimate of drug-likeness (QED) is 0.561. The summed E-state index contributed by atoms with van der Waals surface area (Å²) in [6.07, 6.45) is 4.74. The number of ether oxygens (including phenoxy) is 2. The number of rotatable bonds is 9. The Bertz CT molecular complexity index is 925. The predicted octanol–water partition coefficient (Wildman–Crippen LogP) is 4.00. The van der Waals surface area contributed by atoms with Crippen molar-refractivity contribution < 1.29 is 18.8 Å². The molecule has 0 bridgehead atoms. The van der Waals surface area contributed by atoms with Crippen molar-refractivity contribution in [3.05, 3.63) is 84.2 Å². The predicted molar refractivity (Wildman–Crippen MR) is 113 cm³/mol. The molecule has 3 rings (SSSR count). The lowest BCUT2D eigenvalue weighted by Gasteiger charge is -2.12. The Morgan fingerprint density at radius 3 is 2.21 bits per heavy atom. The van der Waals surface area contributed by atoms with Gasteiger partial charge in [0.2, 0.25) is 6.54 Å². The molecule has 150 valence electrons. The first-order valence-electron chi connectivity index (χ1n) is 9.89. The van der Waals surface area contributed by atoms with Crippen molar-refractivity contribution in [3.8, 4) is 11.5 Å². The minimum atomic E-state index is -0.0996. The van der Waals surface area contributed by atoms with Crippen molar-refractivity contribution in [3.63, 3.8) is 0 Å². The summed E-state index contributed by atoms with van der Waals surface area (Å²) in [4.78, 5) is 12.4. The van der Waals surface area contributed by atoms with Gasteiger partial charge in [0.15, 0.2) is 23.9 Å². The van der Waals surface area contributed by atoms with Crippen molar-refractivity contribution in [2.45, 2.75) is 26.8 Å². The van der Waals surface area contributed by atoms with Crippen LogP contribution < -0.4 is 19.4 Å². The number of nitrogens with zero attached hydrogens (tertiary/aromatic N) is 1. The van der Waals surface area contributed by atoms with E-state index in [2.05, 4.69) is 17.4 Å². The number of benzene rings is 2. The van der Waals surface area contributed by atoms with Gasteiger partial charge in [-0.3, -0.25) is 4.79 Å². The summed E-state index contributed by atoms with van der Waals surface area (Å²) < 4.78 is 13.0. The molecule has 0 aliphatic carbocycles. The van der Waals surface area contributed by atoms with Gasteiger partial charge in [-0.1, -0.05) is 30.3 Å². The summed E-state index contributed by atoms with van der Waals surface area (Å²) in [5.41, 5.74) is 3.16. The largest absolute Gasteiger partial charge is 0.490 e. The first-order valence-corrected chi connectivity index (χ1v) is 9.89. The molecular formula is C24H27N2O3+. The molecule has 1 heterocycles. The van der Waals surface area contributed by atoms with Crippen LogP contribution in [0.25, 0.3) is 0 Å². The number of anilines is 1. The lowest BCUT2D eigenvalue weighted by atomic mass is 10.1. The van der Waals surface area contributed by atoms with Crippen LogP contribution in [0, 0.1) is 0 Å². The molecule has 0 aliphatic heterocycles. The van der Waals surface area contributed by atoms with Gasteiger partial charge in [-0.2, -0.15) is 4.57 Å². The number of carbonyl (C=O) groups excluding carboxylic acids is 1. The molecule has 0 saturated carbocycles. The molecule has 1 amide bonds. The van der Waals surface area contributed by atoms with Crippen LogP contribution in [0.15, 0.2) is 73.1 Å². The first-order chi connectivity index (χ1) is 14.2. The zero-order chi connectivity index (χ0) is 20.5. The van der Waals surface area contributed by atoms with E-state index < -0.39 is 0 Å². The maximum atomic E-state index is 12.4. The molecule has 0 saturated heterocycles. The first kappa shape index (κ1) is 20.4. The molecule has 0 unspecified atom stereocenters. The molecule has 1 N–H and O–H groups in total. The van der Waals surface area contributed by atoms with Gasteiger partial charge in [-0.05, 0) is 43.5 Å². The zero-order valence-corrected chi connectivity index (χ0v) is 16.9. The number of amides is 1. The Morgan fingerprint density at radius 2 is 1.52 bits per heavy atom. The van der Waals surface area contributed by atoms with Crippen molar-refractivity contribution in [1.29, 1.82) is 0 Å². The summed E-state index contributed by atoms with van der Waals surface area (Å²) in [5, 5.41) is 2.92. The lowest BCUT2D eigenvalue weighted by Crippen LogP contribution is -2.39. The number of carbonyl (C=O) groups is 1. The van der Waals surface area contributed by atoms with Crippen molar-refractivity contribution in [1.82, 2.24) is 0 Å². The second kappa shape index (κ2) is 10.3. The Kier molecular flexibility index (Phi) is 7.22. The van der Waals surface area contributed by atoms with Crippen LogP contribution in [0.3, 0.4) is 0 Å². The SMILES string of the molecule is CCOc1ccc(NC(=O)C[n+]2ccc(Cc3ccccc3)cc2)cc1OCC. The number of pyridine rings is 1. The van der Waals surface area contributed by atoms with Crippen LogP contribution in [0.5, 0.6) is 11.5 Å². The summed E-state index contributed by atoms with van der Waals surface area (Å²) in [6, 6.07) is 19.8. The number of nitrogens with one attached hydrogen (secondary N) is 1. The highest BCUT2D eigenvalue weighted by molar-refractivity contribution is 5.90. The minimum Gasteiger partial charge on any atom is -0.490 e. The fraction of sp³-hybridized carbons (Fsp3) is 0.250. The molecule has 3 aromatic rings. The third-order valence-electron chi connectivity index (χ3n) is 4.36. The highest BCUT2D eigenvalue weighted by Crippen LogP contribution is 2.30. The topological polar surface area (TPSA) is 51.4 Å². The number of aromatic nitrogens is 1. The van der Waals surface area contributed by atoms with Gasteiger partial charge >= 0.3 is 0 Å². The van der Waals surface area contributed by atoms with E-state index in [1.807, 2.05) is 73.3 Å². The molecule has 0 spiro atoms.